The fourth-order valence-corrected chi connectivity index (χ4v) is 3.68. The van der Waals surface area contributed by atoms with E-state index in [9.17, 15) is 19.2 Å². The Labute approximate surface area is 158 Å². The summed E-state index contributed by atoms with van der Waals surface area (Å²) in [6, 6.07) is 4.39. The van der Waals surface area contributed by atoms with Gasteiger partial charge in [0, 0.05) is 6.42 Å². The molecule has 1 unspecified atom stereocenters. The fraction of sp³-hybridized carbons (Fsp3) is 0.500. The van der Waals surface area contributed by atoms with Crippen LogP contribution in [0.4, 0.5) is 0 Å². The van der Waals surface area contributed by atoms with Gasteiger partial charge in [0.25, 0.3) is 11.8 Å². The summed E-state index contributed by atoms with van der Waals surface area (Å²) in [5.74, 6) is -1.87. The predicted molar refractivity (Wildman–Crippen MR) is 99.0 cm³/mol. The molecule has 1 aromatic rings. The van der Waals surface area contributed by atoms with Crippen molar-refractivity contribution in [1.29, 1.82) is 0 Å². The van der Waals surface area contributed by atoms with Gasteiger partial charge in [0.15, 0.2) is 0 Å². The Balaban J connectivity index is 1.66. The van der Waals surface area contributed by atoms with Crippen LogP contribution >= 0.6 is 0 Å². The first-order valence-electron chi connectivity index (χ1n) is 9.57. The van der Waals surface area contributed by atoms with Gasteiger partial charge in [-0.2, -0.15) is 0 Å². The van der Waals surface area contributed by atoms with E-state index in [1.54, 1.807) is 12.1 Å². The Morgan fingerprint density at radius 1 is 0.963 bits per heavy atom. The number of fused-ring (bicyclic) bond motifs is 1. The average molecular weight is 371 g/mol. The number of carbonyl (C=O) groups is 4. The van der Waals surface area contributed by atoms with E-state index >= 15 is 0 Å². The number of nitrogens with zero attached hydrogens (tertiary/aromatic N) is 1. The summed E-state index contributed by atoms with van der Waals surface area (Å²) >= 11 is 0. The minimum absolute atomic E-state index is 0.124. The van der Waals surface area contributed by atoms with E-state index in [-0.39, 0.29) is 18.7 Å². The van der Waals surface area contributed by atoms with Crippen molar-refractivity contribution >= 4 is 23.6 Å². The van der Waals surface area contributed by atoms with E-state index < -0.39 is 23.8 Å². The van der Waals surface area contributed by atoms with Gasteiger partial charge in [-0.1, -0.05) is 25.3 Å². The molecule has 0 radical (unpaired) electrons. The maximum atomic E-state index is 12.8. The molecule has 2 heterocycles. The summed E-state index contributed by atoms with van der Waals surface area (Å²) in [6.45, 7) is 0.727. The number of benzene rings is 1. The largest absolute Gasteiger partial charge is 0.330 e. The number of nitrogens with two attached hydrogens (primary N) is 1. The fourth-order valence-electron chi connectivity index (χ4n) is 3.68. The lowest BCUT2D eigenvalue weighted by atomic mass is 10.0. The Hall–Kier alpha value is -2.54. The third-order valence-electron chi connectivity index (χ3n) is 5.17. The van der Waals surface area contributed by atoms with Gasteiger partial charge in [0.1, 0.15) is 6.04 Å². The highest BCUT2D eigenvalue weighted by molar-refractivity contribution is 6.23. The molecular weight excluding hydrogens is 346 g/mol. The molecule has 1 fully saturated rings. The molecule has 3 N–H and O–H groups in total. The summed E-state index contributed by atoms with van der Waals surface area (Å²) in [5, 5.41) is 2.20. The Kier molecular flexibility index (Phi) is 6.01. The van der Waals surface area contributed by atoms with Crippen LogP contribution < -0.4 is 11.1 Å². The lowest BCUT2D eigenvalue weighted by Crippen LogP contribution is -2.54. The minimum Gasteiger partial charge on any atom is -0.330 e. The first kappa shape index (κ1) is 19.2. The van der Waals surface area contributed by atoms with E-state index in [4.69, 9.17) is 5.73 Å². The van der Waals surface area contributed by atoms with Crippen molar-refractivity contribution in [3.63, 3.8) is 0 Å². The summed E-state index contributed by atoms with van der Waals surface area (Å²) in [6.07, 6.45) is 6.58. The quantitative estimate of drug-likeness (QED) is 0.532. The Bertz CT molecular complexity index is 774. The molecule has 0 aromatic heterocycles. The molecule has 0 bridgehead atoms. The zero-order valence-electron chi connectivity index (χ0n) is 15.3. The van der Waals surface area contributed by atoms with E-state index in [1.807, 2.05) is 6.07 Å². The lowest BCUT2D eigenvalue weighted by Gasteiger charge is -2.27. The van der Waals surface area contributed by atoms with Crippen LogP contribution in [0.1, 0.15) is 71.2 Å². The van der Waals surface area contributed by atoms with Crippen LogP contribution in [0.3, 0.4) is 0 Å². The molecule has 0 saturated carbocycles. The molecule has 7 heteroatoms. The van der Waals surface area contributed by atoms with Gasteiger partial charge in [0.2, 0.25) is 11.8 Å². The van der Waals surface area contributed by atoms with Crippen molar-refractivity contribution in [3.05, 3.63) is 34.9 Å². The van der Waals surface area contributed by atoms with Gasteiger partial charge in [-0.3, -0.25) is 29.4 Å². The van der Waals surface area contributed by atoms with E-state index in [0.717, 1.165) is 55.5 Å². The molecule has 1 atom stereocenters. The first-order chi connectivity index (χ1) is 13.0. The molecule has 0 aliphatic carbocycles. The van der Waals surface area contributed by atoms with E-state index in [1.165, 1.54) is 0 Å². The smallest absolute Gasteiger partial charge is 0.262 e. The molecular formula is C20H25N3O4. The van der Waals surface area contributed by atoms with Crippen molar-refractivity contribution in [2.45, 2.75) is 57.4 Å². The number of nitrogens with one attached hydrogen (secondary N) is 1. The number of imide groups is 2. The number of rotatable bonds is 8. The molecule has 0 spiro atoms. The molecule has 2 aliphatic heterocycles. The van der Waals surface area contributed by atoms with Crippen LogP contribution in [0.5, 0.6) is 0 Å². The number of carbonyl (C=O) groups excluding carboxylic acids is 4. The standard InChI is InChI=1S/C20H25N3O4/c21-11-5-3-1-2-4-6-13-7-8-14-15(12-13)20(27)23(19(14)26)16-9-10-17(24)22-18(16)25/h7-8,12,16H,1-6,9-11,21H2,(H,22,24,25). The van der Waals surface area contributed by atoms with Crippen molar-refractivity contribution in [3.8, 4) is 0 Å². The van der Waals surface area contributed by atoms with Crippen molar-refractivity contribution < 1.29 is 19.2 Å². The van der Waals surface area contributed by atoms with Crippen LogP contribution in [-0.4, -0.2) is 41.1 Å². The van der Waals surface area contributed by atoms with Gasteiger partial charge in [0.05, 0.1) is 11.1 Å². The van der Waals surface area contributed by atoms with Crippen LogP contribution in [0.2, 0.25) is 0 Å². The second-order valence-electron chi connectivity index (χ2n) is 7.13. The molecule has 7 nitrogen and oxygen atoms in total. The average Bonchev–Trinajstić information content (AvgIpc) is 2.89. The highest BCUT2D eigenvalue weighted by Crippen LogP contribution is 2.28. The van der Waals surface area contributed by atoms with Gasteiger partial charge in [-0.05, 0) is 49.9 Å². The van der Waals surface area contributed by atoms with Gasteiger partial charge < -0.3 is 5.73 Å². The maximum absolute atomic E-state index is 12.8. The second-order valence-corrected chi connectivity index (χ2v) is 7.13. The zero-order chi connectivity index (χ0) is 19.4. The second kappa shape index (κ2) is 8.43. The molecule has 1 saturated heterocycles. The number of amides is 4. The SMILES string of the molecule is NCCCCCCCc1ccc2c(c1)C(=O)N(C1CCC(=O)NC1=O)C2=O. The normalized spacial score (nSPS) is 19.4. The minimum atomic E-state index is -0.916. The number of unbranched alkanes of at least 4 members (excludes halogenated alkanes) is 4. The van der Waals surface area contributed by atoms with Crippen molar-refractivity contribution in [1.82, 2.24) is 10.2 Å². The zero-order valence-corrected chi connectivity index (χ0v) is 15.3. The van der Waals surface area contributed by atoms with Crippen molar-refractivity contribution in [2.24, 2.45) is 5.73 Å². The number of aryl methyl sites for hydroxylation is 1. The van der Waals surface area contributed by atoms with Crippen LogP contribution in [-0.2, 0) is 16.0 Å². The molecule has 144 valence electrons. The summed E-state index contributed by atoms with van der Waals surface area (Å²) in [7, 11) is 0. The number of piperidine rings is 1. The highest BCUT2D eigenvalue weighted by atomic mass is 16.2. The van der Waals surface area contributed by atoms with Gasteiger partial charge in [-0.15, -0.1) is 0 Å². The maximum Gasteiger partial charge on any atom is 0.262 e. The van der Waals surface area contributed by atoms with Gasteiger partial charge >= 0.3 is 0 Å². The lowest BCUT2D eigenvalue weighted by molar-refractivity contribution is -0.136. The topological polar surface area (TPSA) is 110 Å². The van der Waals surface area contributed by atoms with Gasteiger partial charge in [-0.25, -0.2) is 0 Å². The number of hydrogen-bond donors (Lipinski definition) is 2. The van der Waals surface area contributed by atoms with Crippen LogP contribution in [0.15, 0.2) is 18.2 Å². The summed E-state index contributed by atoms with van der Waals surface area (Å²) in [4.78, 5) is 49.8. The summed E-state index contributed by atoms with van der Waals surface area (Å²) < 4.78 is 0. The highest BCUT2D eigenvalue weighted by Gasteiger charge is 2.44. The van der Waals surface area contributed by atoms with Crippen LogP contribution in [0, 0.1) is 0 Å². The summed E-state index contributed by atoms with van der Waals surface area (Å²) in [5.41, 5.74) is 7.18. The van der Waals surface area contributed by atoms with Crippen molar-refractivity contribution in [2.75, 3.05) is 6.54 Å². The monoisotopic (exact) mass is 371 g/mol. The molecule has 4 amide bonds. The third-order valence-corrected chi connectivity index (χ3v) is 5.17. The molecule has 3 rings (SSSR count). The van der Waals surface area contributed by atoms with E-state index in [2.05, 4.69) is 5.32 Å². The predicted octanol–water partition coefficient (Wildman–Crippen LogP) is 1.54. The third kappa shape index (κ3) is 4.08. The number of hydrogen-bond acceptors (Lipinski definition) is 5. The van der Waals surface area contributed by atoms with Crippen LogP contribution in [0.25, 0.3) is 0 Å². The molecule has 27 heavy (non-hydrogen) atoms. The first-order valence-corrected chi connectivity index (χ1v) is 9.57. The van der Waals surface area contributed by atoms with E-state index in [0.29, 0.717) is 11.1 Å². The Morgan fingerprint density at radius 3 is 2.41 bits per heavy atom. The molecule has 2 aliphatic rings. The molecule has 1 aromatic carbocycles. The Morgan fingerprint density at radius 2 is 1.67 bits per heavy atom.